The van der Waals surface area contributed by atoms with Crippen molar-refractivity contribution in [2.45, 2.75) is 57.7 Å². The van der Waals surface area contributed by atoms with E-state index in [0.29, 0.717) is 0 Å². The van der Waals surface area contributed by atoms with Crippen LogP contribution in [-0.2, 0) is 4.74 Å². The van der Waals surface area contributed by atoms with E-state index in [1.54, 1.807) is 5.06 Å². The van der Waals surface area contributed by atoms with Crippen LogP contribution >= 0.6 is 0 Å². The second-order valence-corrected chi connectivity index (χ2v) is 5.29. The second kappa shape index (κ2) is 3.55. The van der Waals surface area contributed by atoms with E-state index >= 15 is 0 Å². The van der Waals surface area contributed by atoms with Gasteiger partial charge in [0.15, 0.2) is 0 Å². The van der Waals surface area contributed by atoms with Crippen molar-refractivity contribution in [3.8, 4) is 0 Å². The Kier molecular flexibility index (Phi) is 2.93. The van der Waals surface area contributed by atoms with Crippen molar-refractivity contribution in [1.29, 1.82) is 0 Å². The fraction of sp³-hybridized carbons (Fsp3) is 0.818. The van der Waals surface area contributed by atoms with E-state index in [-0.39, 0.29) is 17.2 Å². The number of hydrogen-bond acceptors (Lipinski definition) is 2. The first-order chi connectivity index (χ1) is 6.29. The van der Waals surface area contributed by atoms with Gasteiger partial charge < -0.3 is 9.94 Å². The summed E-state index contributed by atoms with van der Waals surface area (Å²) in [6.07, 6.45) is 3.47. The van der Waals surface area contributed by atoms with E-state index in [1.807, 2.05) is 0 Å². The lowest BCUT2D eigenvalue weighted by molar-refractivity contribution is -0.257. The molecule has 0 spiro atoms. The first kappa shape index (κ1) is 11.5. The third kappa shape index (κ3) is 2.10. The van der Waals surface area contributed by atoms with Gasteiger partial charge in [-0.25, -0.2) is 0 Å². The highest BCUT2D eigenvalue weighted by molar-refractivity contribution is 4.96. The summed E-state index contributed by atoms with van der Waals surface area (Å²) in [5, 5.41) is 9.75. The number of nitrogens with zero attached hydrogens (tertiary/aromatic N) is 1. The summed E-state index contributed by atoms with van der Waals surface area (Å²) >= 11 is 0. The highest BCUT2D eigenvalue weighted by Crippen LogP contribution is 2.37. The van der Waals surface area contributed by atoms with Crippen LogP contribution in [0.4, 0.5) is 0 Å². The van der Waals surface area contributed by atoms with Gasteiger partial charge >= 0.3 is 0 Å². The molecule has 1 aliphatic heterocycles. The van der Waals surface area contributed by atoms with Crippen molar-refractivity contribution in [2.24, 2.45) is 0 Å². The van der Waals surface area contributed by atoms with E-state index in [2.05, 4.69) is 34.3 Å². The topological polar surface area (TPSA) is 35.4 Å². The van der Waals surface area contributed by atoms with Crippen LogP contribution < -0.4 is 0 Å². The molecule has 1 saturated heterocycles. The Morgan fingerprint density at radius 2 is 1.71 bits per heavy atom. The zero-order valence-electron chi connectivity index (χ0n) is 9.63. The molecule has 1 heterocycles. The summed E-state index contributed by atoms with van der Waals surface area (Å²) in [5.41, 5.74) is -0.259. The Morgan fingerprint density at radius 1 is 1.29 bits per heavy atom. The average molecular weight is 200 g/mol. The molecule has 0 saturated carbocycles. The van der Waals surface area contributed by atoms with Crippen LogP contribution in [0.3, 0.4) is 0 Å². The third-order valence-electron chi connectivity index (χ3n) is 2.95. The predicted molar refractivity (Wildman–Crippen MR) is 57.9 cm³/mol. The fourth-order valence-electron chi connectivity index (χ4n) is 2.42. The number of hydrogen-bond donors (Lipinski definition) is 0. The van der Waals surface area contributed by atoms with Crippen LogP contribution in [-0.4, -0.2) is 27.5 Å². The van der Waals surface area contributed by atoms with Gasteiger partial charge in [-0.05, 0) is 27.7 Å². The lowest BCUT2D eigenvalue weighted by Gasteiger charge is -2.47. The van der Waals surface area contributed by atoms with Gasteiger partial charge in [-0.1, -0.05) is 11.6 Å². The number of piperidine rings is 1. The summed E-state index contributed by atoms with van der Waals surface area (Å²) in [5.74, 6) is 0. The van der Waals surface area contributed by atoms with E-state index in [1.165, 1.54) is 6.26 Å². The van der Waals surface area contributed by atoms with Crippen molar-refractivity contribution in [3.05, 3.63) is 12.8 Å². The normalized spacial score (nSPS) is 27.2. The first-order valence-corrected chi connectivity index (χ1v) is 5.07. The maximum atomic E-state index is 8.05. The van der Waals surface area contributed by atoms with E-state index in [4.69, 9.17) is 9.94 Å². The minimum atomic E-state index is -0.130. The Hall–Kier alpha value is -0.540. The second-order valence-electron chi connectivity index (χ2n) is 5.29. The van der Waals surface area contributed by atoms with Gasteiger partial charge in [-0.15, -0.1) is 0 Å². The minimum Gasteiger partial charge on any atom is -0.499 e. The van der Waals surface area contributed by atoms with Crippen molar-refractivity contribution >= 4 is 0 Å². The molecule has 0 unspecified atom stereocenters. The van der Waals surface area contributed by atoms with Crippen molar-refractivity contribution < 1.29 is 9.94 Å². The predicted octanol–water partition coefficient (Wildman–Crippen LogP) is 1.81. The molecule has 0 aromatic heterocycles. The standard InChI is InChI=1S/C11H21NO2/c1-6-14-9-7-10(2,3)12(13)11(4,5)8-9/h6,9,13H,1,7-8H2,2-5H3/p+1. The largest absolute Gasteiger partial charge is 0.499 e. The van der Waals surface area contributed by atoms with E-state index in [9.17, 15) is 0 Å². The number of hydroxylamine groups is 2. The summed E-state index contributed by atoms with van der Waals surface area (Å²) in [7, 11) is 0. The van der Waals surface area contributed by atoms with Crippen LogP contribution in [0.5, 0.6) is 0 Å². The highest BCUT2D eigenvalue weighted by atomic mass is 16.5. The van der Waals surface area contributed by atoms with Gasteiger partial charge in [-0.2, -0.15) is 0 Å². The molecule has 0 aliphatic carbocycles. The molecule has 2 N–H and O–H groups in total. The molecule has 0 radical (unpaired) electrons. The molecule has 0 atom stereocenters. The molecule has 1 rings (SSSR count). The van der Waals surface area contributed by atoms with E-state index < -0.39 is 0 Å². The summed E-state index contributed by atoms with van der Waals surface area (Å²) < 4.78 is 5.46. The van der Waals surface area contributed by atoms with Crippen LogP contribution in [0, 0.1) is 0 Å². The maximum absolute atomic E-state index is 8.05. The van der Waals surface area contributed by atoms with Gasteiger partial charge in [0.2, 0.25) is 0 Å². The smallest absolute Gasteiger partial charge is 0.102 e. The van der Waals surface area contributed by atoms with Gasteiger partial charge in [0, 0.05) is 12.8 Å². The van der Waals surface area contributed by atoms with Crippen LogP contribution in [0.15, 0.2) is 12.8 Å². The molecule has 1 aliphatic rings. The summed E-state index contributed by atoms with van der Waals surface area (Å²) in [4.78, 5) is 0. The van der Waals surface area contributed by atoms with Gasteiger partial charge in [0.05, 0.1) is 17.3 Å². The van der Waals surface area contributed by atoms with Crippen LogP contribution in [0.25, 0.3) is 0 Å². The lowest BCUT2D eigenvalue weighted by atomic mass is 9.80. The molecule has 0 aromatic rings. The van der Waals surface area contributed by atoms with Gasteiger partial charge in [0.1, 0.15) is 6.10 Å². The fourth-order valence-corrected chi connectivity index (χ4v) is 2.42. The highest BCUT2D eigenvalue weighted by Gasteiger charge is 2.49. The lowest BCUT2D eigenvalue weighted by Crippen LogP contribution is -2.60. The molecular weight excluding hydrogens is 178 g/mol. The molecule has 0 bridgehead atoms. The van der Waals surface area contributed by atoms with Gasteiger partial charge in [0.25, 0.3) is 0 Å². The molecule has 3 nitrogen and oxygen atoms in total. The quantitative estimate of drug-likeness (QED) is 0.503. The number of ether oxygens (including phenoxy) is 1. The maximum Gasteiger partial charge on any atom is 0.102 e. The molecule has 1 fully saturated rings. The Labute approximate surface area is 86.3 Å². The molecule has 3 heteroatoms. The van der Waals surface area contributed by atoms with E-state index in [0.717, 1.165) is 12.8 Å². The number of rotatable bonds is 2. The Morgan fingerprint density at radius 3 is 2.07 bits per heavy atom. The van der Waals surface area contributed by atoms with Crippen LogP contribution in [0.1, 0.15) is 40.5 Å². The zero-order chi connectivity index (χ0) is 11.0. The van der Waals surface area contributed by atoms with Crippen LogP contribution in [0.2, 0.25) is 0 Å². The van der Waals surface area contributed by atoms with Crippen molar-refractivity contribution in [2.75, 3.05) is 0 Å². The minimum absolute atomic E-state index is 0.130. The van der Waals surface area contributed by atoms with Crippen molar-refractivity contribution in [1.82, 2.24) is 5.06 Å². The third-order valence-corrected chi connectivity index (χ3v) is 2.95. The first-order valence-electron chi connectivity index (χ1n) is 5.07. The molecule has 14 heavy (non-hydrogen) atoms. The molecular formula is C11H22NO2+. The Bertz CT molecular complexity index is 205. The average Bonchev–Trinajstić information content (AvgIpc) is 1.99. The van der Waals surface area contributed by atoms with Crippen molar-refractivity contribution in [3.63, 3.8) is 0 Å². The Balaban J connectivity index is 2.80. The molecule has 0 amide bonds. The van der Waals surface area contributed by atoms with Gasteiger partial charge in [-0.3, -0.25) is 0 Å². The monoisotopic (exact) mass is 200 g/mol. The summed E-state index contributed by atoms with van der Waals surface area (Å²) in [6.45, 7) is 11.9. The molecule has 0 aromatic carbocycles. The zero-order valence-corrected chi connectivity index (χ0v) is 9.63. The molecule has 82 valence electrons. The SMILES string of the molecule is C=COC1CC(C)(C)N([OH2+])C(C)(C)C1. The summed E-state index contributed by atoms with van der Waals surface area (Å²) in [6, 6.07) is 0.